The molecule has 3 heteroatoms. The lowest BCUT2D eigenvalue weighted by atomic mass is 9.98. The first kappa shape index (κ1) is 15.3. The Kier molecular flexibility index (Phi) is 5.44. The van der Waals surface area contributed by atoms with Gasteiger partial charge in [0.1, 0.15) is 5.75 Å². The number of hydrogen-bond donors (Lipinski definition) is 1. The fourth-order valence-electron chi connectivity index (χ4n) is 3.01. The first-order valence-corrected chi connectivity index (χ1v) is 7.69. The van der Waals surface area contributed by atoms with Crippen LogP contribution in [0.15, 0.2) is 24.3 Å². The summed E-state index contributed by atoms with van der Waals surface area (Å²) in [6, 6.07) is 9.65. The summed E-state index contributed by atoms with van der Waals surface area (Å²) in [5.74, 6) is 1.69. The van der Waals surface area contributed by atoms with E-state index in [0.717, 1.165) is 31.3 Å². The van der Waals surface area contributed by atoms with Gasteiger partial charge in [-0.1, -0.05) is 26.0 Å². The van der Waals surface area contributed by atoms with Crippen LogP contribution in [0.25, 0.3) is 0 Å². The predicted octanol–water partition coefficient (Wildman–Crippen LogP) is 2.90. The molecule has 0 radical (unpaired) electrons. The van der Waals surface area contributed by atoms with E-state index in [1.807, 2.05) is 6.07 Å². The van der Waals surface area contributed by atoms with Gasteiger partial charge in [0, 0.05) is 31.7 Å². The van der Waals surface area contributed by atoms with Gasteiger partial charge in [-0.15, -0.1) is 0 Å². The van der Waals surface area contributed by atoms with Crippen LogP contribution in [0.3, 0.4) is 0 Å². The molecule has 112 valence electrons. The lowest BCUT2D eigenvalue weighted by molar-refractivity contribution is 0.111. The smallest absolute Gasteiger partial charge is 0.119 e. The van der Waals surface area contributed by atoms with Gasteiger partial charge in [0.25, 0.3) is 0 Å². The molecule has 1 N–H and O–H groups in total. The zero-order valence-corrected chi connectivity index (χ0v) is 13.2. The Hall–Kier alpha value is -1.06. The molecular formula is C17H28N2O. The zero-order chi connectivity index (χ0) is 14.5. The minimum Gasteiger partial charge on any atom is -0.497 e. The van der Waals surface area contributed by atoms with E-state index in [-0.39, 0.29) is 0 Å². The highest BCUT2D eigenvalue weighted by Gasteiger charge is 2.26. The van der Waals surface area contributed by atoms with E-state index in [1.54, 1.807) is 7.11 Å². The minimum absolute atomic E-state index is 0.573. The third-order valence-corrected chi connectivity index (χ3v) is 3.99. The van der Waals surface area contributed by atoms with E-state index in [1.165, 1.54) is 12.0 Å². The lowest BCUT2D eigenvalue weighted by Gasteiger charge is -2.40. The molecule has 2 atom stereocenters. The van der Waals surface area contributed by atoms with Gasteiger partial charge in [-0.25, -0.2) is 0 Å². The summed E-state index contributed by atoms with van der Waals surface area (Å²) in [6.45, 7) is 10.1. The van der Waals surface area contributed by atoms with Crippen LogP contribution in [-0.2, 0) is 6.54 Å². The first-order valence-electron chi connectivity index (χ1n) is 7.69. The summed E-state index contributed by atoms with van der Waals surface area (Å²) in [7, 11) is 1.73. The molecule has 1 fully saturated rings. The van der Waals surface area contributed by atoms with Crippen molar-refractivity contribution in [2.45, 2.75) is 45.8 Å². The van der Waals surface area contributed by atoms with Crippen LogP contribution >= 0.6 is 0 Å². The molecule has 0 bridgehead atoms. The van der Waals surface area contributed by atoms with Gasteiger partial charge in [0.2, 0.25) is 0 Å². The molecule has 1 aliphatic rings. The van der Waals surface area contributed by atoms with Crippen molar-refractivity contribution in [1.82, 2.24) is 10.2 Å². The summed E-state index contributed by atoms with van der Waals surface area (Å²) >= 11 is 0. The number of nitrogens with zero attached hydrogens (tertiary/aromatic N) is 1. The maximum atomic E-state index is 5.33. The van der Waals surface area contributed by atoms with Gasteiger partial charge in [0.05, 0.1) is 7.11 Å². The zero-order valence-electron chi connectivity index (χ0n) is 13.2. The third kappa shape index (κ3) is 4.22. The van der Waals surface area contributed by atoms with Crippen molar-refractivity contribution in [3.05, 3.63) is 29.8 Å². The standard InChI is InChI=1S/C17H28N2O/c1-13(2)8-16-10-18-14(3)11-19(16)12-15-6-5-7-17(9-15)20-4/h5-7,9,13-14,16,18H,8,10-12H2,1-4H3. The molecule has 1 aliphatic heterocycles. The van der Waals surface area contributed by atoms with Crippen molar-refractivity contribution in [3.63, 3.8) is 0 Å². The number of rotatable bonds is 5. The highest BCUT2D eigenvalue weighted by atomic mass is 16.5. The molecule has 2 unspecified atom stereocenters. The highest BCUT2D eigenvalue weighted by Crippen LogP contribution is 2.20. The average molecular weight is 276 g/mol. The van der Waals surface area contributed by atoms with E-state index in [2.05, 4.69) is 49.2 Å². The Balaban J connectivity index is 2.05. The number of methoxy groups -OCH3 is 1. The molecular weight excluding hydrogens is 248 g/mol. The maximum Gasteiger partial charge on any atom is 0.119 e. The average Bonchev–Trinajstić information content (AvgIpc) is 2.42. The second-order valence-electron chi connectivity index (χ2n) is 6.37. The highest BCUT2D eigenvalue weighted by molar-refractivity contribution is 5.28. The number of ether oxygens (including phenoxy) is 1. The third-order valence-electron chi connectivity index (χ3n) is 3.99. The summed E-state index contributed by atoms with van der Waals surface area (Å²) in [5.41, 5.74) is 1.34. The van der Waals surface area contributed by atoms with Crippen molar-refractivity contribution in [1.29, 1.82) is 0 Å². The van der Waals surface area contributed by atoms with Gasteiger partial charge in [-0.2, -0.15) is 0 Å². The summed E-state index contributed by atoms with van der Waals surface area (Å²) in [5, 5.41) is 3.61. The van der Waals surface area contributed by atoms with Crippen molar-refractivity contribution >= 4 is 0 Å². The second-order valence-corrected chi connectivity index (χ2v) is 6.37. The van der Waals surface area contributed by atoms with Gasteiger partial charge < -0.3 is 10.1 Å². The van der Waals surface area contributed by atoms with Crippen LogP contribution in [0.2, 0.25) is 0 Å². The molecule has 1 saturated heterocycles. The van der Waals surface area contributed by atoms with Gasteiger partial charge in [-0.3, -0.25) is 4.90 Å². The van der Waals surface area contributed by atoms with E-state index < -0.39 is 0 Å². The minimum atomic E-state index is 0.573. The number of piperazine rings is 1. The Labute approximate surface area is 123 Å². The van der Waals surface area contributed by atoms with Gasteiger partial charge >= 0.3 is 0 Å². The van der Waals surface area contributed by atoms with E-state index in [0.29, 0.717) is 12.1 Å². The molecule has 2 rings (SSSR count). The normalized spacial score (nSPS) is 24.1. The molecule has 1 aromatic rings. The summed E-state index contributed by atoms with van der Waals surface area (Å²) in [6.07, 6.45) is 1.25. The second kappa shape index (κ2) is 7.09. The van der Waals surface area contributed by atoms with Crippen LogP contribution < -0.4 is 10.1 Å². The molecule has 0 amide bonds. The van der Waals surface area contributed by atoms with Crippen molar-refractivity contribution in [2.24, 2.45) is 5.92 Å². The Bertz CT molecular complexity index is 419. The van der Waals surface area contributed by atoms with Crippen molar-refractivity contribution < 1.29 is 4.74 Å². The molecule has 3 nitrogen and oxygen atoms in total. The maximum absolute atomic E-state index is 5.33. The topological polar surface area (TPSA) is 24.5 Å². The Morgan fingerprint density at radius 3 is 2.90 bits per heavy atom. The molecule has 0 saturated carbocycles. The molecule has 0 aromatic heterocycles. The van der Waals surface area contributed by atoms with Crippen LogP contribution in [0.4, 0.5) is 0 Å². The number of benzene rings is 1. The number of hydrogen-bond acceptors (Lipinski definition) is 3. The number of nitrogens with one attached hydrogen (secondary N) is 1. The summed E-state index contributed by atoms with van der Waals surface area (Å²) in [4.78, 5) is 2.62. The van der Waals surface area contributed by atoms with Crippen LogP contribution in [0, 0.1) is 5.92 Å². The lowest BCUT2D eigenvalue weighted by Crippen LogP contribution is -2.55. The summed E-state index contributed by atoms with van der Waals surface area (Å²) < 4.78 is 5.33. The van der Waals surface area contributed by atoms with Crippen LogP contribution in [0.5, 0.6) is 5.75 Å². The SMILES string of the molecule is COc1cccc(CN2CC(C)NCC2CC(C)C)c1. The molecule has 1 heterocycles. The Morgan fingerprint density at radius 1 is 1.40 bits per heavy atom. The molecule has 1 aromatic carbocycles. The molecule has 20 heavy (non-hydrogen) atoms. The van der Waals surface area contributed by atoms with Crippen molar-refractivity contribution in [3.8, 4) is 5.75 Å². The van der Waals surface area contributed by atoms with E-state index >= 15 is 0 Å². The van der Waals surface area contributed by atoms with Crippen molar-refractivity contribution in [2.75, 3.05) is 20.2 Å². The van der Waals surface area contributed by atoms with Crippen LogP contribution in [0.1, 0.15) is 32.8 Å². The molecule has 0 spiro atoms. The quantitative estimate of drug-likeness (QED) is 0.895. The predicted molar refractivity (Wildman–Crippen MR) is 84.1 cm³/mol. The van der Waals surface area contributed by atoms with Gasteiger partial charge in [-0.05, 0) is 37.0 Å². The van der Waals surface area contributed by atoms with Gasteiger partial charge in [0.15, 0.2) is 0 Å². The van der Waals surface area contributed by atoms with Crippen LogP contribution in [-0.4, -0.2) is 37.2 Å². The first-order chi connectivity index (χ1) is 9.58. The fourth-order valence-corrected chi connectivity index (χ4v) is 3.01. The molecule has 0 aliphatic carbocycles. The Morgan fingerprint density at radius 2 is 2.20 bits per heavy atom. The van der Waals surface area contributed by atoms with E-state index in [9.17, 15) is 0 Å². The largest absolute Gasteiger partial charge is 0.497 e. The fraction of sp³-hybridized carbons (Fsp3) is 0.647. The monoisotopic (exact) mass is 276 g/mol. The van der Waals surface area contributed by atoms with E-state index in [4.69, 9.17) is 4.74 Å².